The van der Waals surface area contributed by atoms with Gasteiger partial charge < -0.3 is 16.2 Å². The minimum atomic E-state index is -0.390. The van der Waals surface area contributed by atoms with Crippen LogP contribution in [0.3, 0.4) is 0 Å². The number of allylic oxidation sites excluding steroid dienone is 1. The van der Waals surface area contributed by atoms with Crippen LogP contribution in [0.25, 0.3) is 0 Å². The molecule has 29 heavy (non-hydrogen) atoms. The van der Waals surface area contributed by atoms with E-state index < -0.39 is 0 Å². The summed E-state index contributed by atoms with van der Waals surface area (Å²) >= 11 is 1.50. The lowest BCUT2D eigenvalue weighted by molar-refractivity contribution is 0.258. The maximum absolute atomic E-state index is 12.6. The third-order valence-corrected chi connectivity index (χ3v) is 5.01. The molecule has 0 radical (unpaired) electrons. The Bertz CT molecular complexity index is 983. The molecule has 6 nitrogen and oxygen atoms in total. The Balaban J connectivity index is 2.22. The van der Waals surface area contributed by atoms with E-state index in [-0.39, 0.29) is 11.8 Å². The zero-order chi connectivity index (χ0) is 21.6. The van der Waals surface area contributed by atoms with Gasteiger partial charge in [0.15, 0.2) is 0 Å². The van der Waals surface area contributed by atoms with Crippen LogP contribution in [0.2, 0.25) is 0 Å². The second kappa shape index (κ2) is 9.84. The molecular formula is C22H26N4O2S. The van der Waals surface area contributed by atoms with Crippen LogP contribution >= 0.6 is 11.8 Å². The lowest BCUT2D eigenvalue weighted by Crippen LogP contribution is -2.31. The van der Waals surface area contributed by atoms with Crippen molar-refractivity contribution in [1.29, 1.82) is 0 Å². The number of aromatic hydroxyl groups is 1. The van der Waals surface area contributed by atoms with Crippen LogP contribution in [0.15, 0.2) is 64.4 Å². The third kappa shape index (κ3) is 5.89. The van der Waals surface area contributed by atoms with Crippen molar-refractivity contribution in [2.45, 2.75) is 20.8 Å². The lowest BCUT2D eigenvalue weighted by atomic mass is 10.1. The van der Waals surface area contributed by atoms with Gasteiger partial charge in [-0.25, -0.2) is 4.79 Å². The zero-order valence-corrected chi connectivity index (χ0v) is 17.9. The average Bonchev–Trinajstić information content (AvgIpc) is 2.68. The summed E-state index contributed by atoms with van der Waals surface area (Å²) in [5, 5.41) is 16.6. The Kier molecular flexibility index (Phi) is 7.50. The molecule has 0 aromatic heterocycles. The fourth-order valence-electron chi connectivity index (χ4n) is 2.45. The Morgan fingerprint density at radius 1 is 1.28 bits per heavy atom. The highest BCUT2D eigenvalue weighted by atomic mass is 32.2. The largest absolute Gasteiger partial charge is 0.506 e. The molecule has 0 atom stereocenters. The van der Waals surface area contributed by atoms with Crippen LogP contribution < -0.4 is 16.0 Å². The number of phenolic OH excluding ortho intramolecular Hbond substituents is 1. The quantitative estimate of drug-likeness (QED) is 0.413. The topological polar surface area (TPSA) is 91.0 Å². The summed E-state index contributed by atoms with van der Waals surface area (Å²) in [6, 6.07) is 9.77. The minimum absolute atomic E-state index is 0.0628. The molecule has 0 aliphatic heterocycles. The van der Waals surface area contributed by atoms with E-state index in [0.717, 1.165) is 22.5 Å². The highest BCUT2D eigenvalue weighted by Gasteiger charge is 2.15. The molecule has 7 heteroatoms. The van der Waals surface area contributed by atoms with Gasteiger partial charge in [-0.3, -0.25) is 9.89 Å². The van der Waals surface area contributed by atoms with E-state index in [4.69, 9.17) is 5.73 Å². The number of nitrogen functional groups attached to an aromatic ring is 1. The molecule has 0 spiro atoms. The fraction of sp³-hybridized carbons (Fsp3) is 0.182. The van der Waals surface area contributed by atoms with E-state index in [1.807, 2.05) is 44.4 Å². The first-order valence-electron chi connectivity index (χ1n) is 8.95. The number of phenols is 1. The monoisotopic (exact) mass is 410 g/mol. The first kappa shape index (κ1) is 22.1. The molecule has 0 aliphatic carbocycles. The number of amides is 2. The highest BCUT2D eigenvalue weighted by Crippen LogP contribution is 2.29. The fourth-order valence-corrected chi connectivity index (χ4v) is 2.92. The van der Waals surface area contributed by atoms with Crippen molar-refractivity contribution in [1.82, 2.24) is 0 Å². The minimum Gasteiger partial charge on any atom is -0.506 e. The first-order chi connectivity index (χ1) is 13.7. The van der Waals surface area contributed by atoms with Crippen molar-refractivity contribution < 1.29 is 9.90 Å². The molecule has 0 bridgehead atoms. The Morgan fingerprint density at radius 2 is 2.00 bits per heavy atom. The van der Waals surface area contributed by atoms with Crippen molar-refractivity contribution in [2.24, 2.45) is 4.99 Å². The summed E-state index contributed by atoms with van der Waals surface area (Å²) in [6.07, 6.45) is 0. The number of benzene rings is 2. The van der Waals surface area contributed by atoms with E-state index in [2.05, 4.69) is 16.9 Å². The Morgan fingerprint density at radius 3 is 2.66 bits per heavy atom. The van der Waals surface area contributed by atoms with Gasteiger partial charge >= 0.3 is 6.03 Å². The van der Waals surface area contributed by atoms with Crippen molar-refractivity contribution >= 4 is 46.3 Å². The summed E-state index contributed by atoms with van der Waals surface area (Å²) in [5.41, 5.74) is 10.7. The standard InChI is InChI=1S/C22H26N4O2S/c1-6-29-13-15(3)16(4)24-19-12-18(9-7-14(19)2)25-22(28)26(5)20-10-8-17(23)11-21(20)27/h6-13,27H,1,23H2,2-5H3,(H,25,28)/b15-13+,24-16?. The molecule has 0 heterocycles. The Hall–Kier alpha value is -3.19. The number of anilines is 3. The maximum Gasteiger partial charge on any atom is 0.326 e. The van der Waals surface area contributed by atoms with E-state index in [9.17, 15) is 9.90 Å². The number of nitrogens with two attached hydrogens (primary N) is 1. The first-order valence-corrected chi connectivity index (χ1v) is 9.90. The number of nitrogens with one attached hydrogen (secondary N) is 1. The van der Waals surface area contributed by atoms with Crippen LogP contribution in [-0.2, 0) is 0 Å². The summed E-state index contributed by atoms with van der Waals surface area (Å²) in [7, 11) is 1.57. The lowest BCUT2D eigenvalue weighted by Gasteiger charge is -2.19. The van der Waals surface area contributed by atoms with Crippen LogP contribution in [-0.4, -0.2) is 23.9 Å². The summed E-state index contributed by atoms with van der Waals surface area (Å²) in [6.45, 7) is 9.59. The number of thioether (sulfide) groups is 1. The van der Waals surface area contributed by atoms with Crippen molar-refractivity contribution in [2.75, 3.05) is 23.0 Å². The molecule has 0 fully saturated rings. The molecule has 152 valence electrons. The van der Waals surface area contributed by atoms with Gasteiger partial charge in [-0.05, 0) is 67.0 Å². The number of hydrogen-bond donors (Lipinski definition) is 3. The Labute approximate surface area is 175 Å². The number of carbonyl (C=O) groups is 1. The number of hydrogen-bond acceptors (Lipinski definition) is 5. The average molecular weight is 411 g/mol. The van der Waals surface area contributed by atoms with Gasteiger partial charge in [0.2, 0.25) is 0 Å². The molecule has 0 aliphatic rings. The SMILES string of the molecule is C=CS/C=C(\C)C(C)=Nc1cc(NC(=O)N(C)c2ccc(N)cc2O)ccc1C. The molecule has 2 amide bonds. The number of aryl methyl sites for hydroxylation is 1. The van der Waals surface area contributed by atoms with E-state index in [1.165, 1.54) is 22.7 Å². The van der Waals surface area contributed by atoms with Crippen molar-refractivity contribution in [3.05, 3.63) is 64.9 Å². The van der Waals surface area contributed by atoms with Crippen LogP contribution in [0, 0.1) is 6.92 Å². The molecule has 0 saturated carbocycles. The van der Waals surface area contributed by atoms with Crippen molar-refractivity contribution in [3.8, 4) is 5.75 Å². The van der Waals surface area contributed by atoms with Gasteiger partial charge in [-0.1, -0.05) is 12.6 Å². The summed E-state index contributed by atoms with van der Waals surface area (Å²) < 4.78 is 0. The second-order valence-electron chi connectivity index (χ2n) is 6.54. The summed E-state index contributed by atoms with van der Waals surface area (Å²) in [4.78, 5) is 18.6. The molecule has 2 aromatic rings. The van der Waals surface area contributed by atoms with Crippen LogP contribution in [0.1, 0.15) is 19.4 Å². The molecular weight excluding hydrogens is 384 g/mol. The molecule has 2 rings (SSSR count). The maximum atomic E-state index is 12.6. The normalized spacial score (nSPS) is 11.9. The van der Waals surface area contributed by atoms with Gasteiger partial charge in [0.25, 0.3) is 0 Å². The predicted molar refractivity (Wildman–Crippen MR) is 125 cm³/mol. The smallest absolute Gasteiger partial charge is 0.326 e. The van der Waals surface area contributed by atoms with E-state index in [0.29, 0.717) is 17.1 Å². The van der Waals surface area contributed by atoms with Gasteiger partial charge in [-0.2, -0.15) is 0 Å². The van der Waals surface area contributed by atoms with Gasteiger partial charge in [0, 0.05) is 30.2 Å². The molecule has 2 aromatic carbocycles. The number of aliphatic imine (C=N–C) groups is 1. The third-order valence-electron chi connectivity index (χ3n) is 4.33. The van der Waals surface area contributed by atoms with Gasteiger partial charge in [-0.15, -0.1) is 11.8 Å². The van der Waals surface area contributed by atoms with Crippen molar-refractivity contribution in [3.63, 3.8) is 0 Å². The number of nitrogens with zero attached hydrogens (tertiary/aromatic N) is 2. The molecule has 0 saturated heterocycles. The van der Waals surface area contributed by atoms with E-state index in [1.54, 1.807) is 24.6 Å². The van der Waals surface area contributed by atoms with Crippen LogP contribution in [0.5, 0.6) is 5.75 Å². The number of carbonyl (C=O) groups excluding carboxylic acids is 1. The van der Waals surface area contributed by atoms with E-state index >= 15 is 0 Å². The zero-order valence-electron chi connectivity index (χ0n) is 17.1. The summed E-state index contributed by atoms with van der Waals surface area (Å²) in [5.74, 6) is -0.0628. The highest BCUT2D eigenvalue weighted by molar-refractivity contribution is 8.04. The predicted octanol–water partition coefficient (Wildman–Crippen LogP) is 5.82. The second-order valence-corrected chi connectivity index (χ2v) is 7.38. The number of urea groups is 1. The van der Waals surface area contributed by atoms with Gasteiger partial charge in [0.1, 0.15) is 5.75 Å². The van der Waals surface area contributed by atoms with Gasteiger partial charge in [0.05, 0.1) is 11.4 Å². The number of rotatable bonds is 6. The molecule has 4 N–H and O–H groups in total. The van der Waals surface area contributed by atoms with Crippen LogP contribution in [0.4, 0.5) is 27.5 Å². The molecule has 0 unspecified atom stereocenters.